The quantitative estimate of drug-likeness (QED) is 0.608. The van der Waals surface area contributed by atoms with Crippen LogP contribution in [-0.2, 0) is 18.6 Å². The molecule has 2 aromatic carbocycles. The van der Waals surface area contributed by atoms with Crippen molar-refractivity contribution in [3.05, 3.63) is 57.6 Å². The van der Waals surface area contributed by atoms with Gasteiger partial charge in [0.05, 0.1) is 0 Å². The molecule has 0 saturated heterocycles. The van der Waals surface area contributed by atoms with Crippen molar-refractivity contribution in [2.24, 2.45) is 0 Å². The summed E-state index contributed by atoms with van der Waals surface area (Å²) in [5.41, 5.74) is 8.37. The van der Waals surface area contributed by atoms with E-state index in [9.17, 15) is 0 Å². The summed E-state index contributed by atoms with van der Waals surface area (Å²) in [4.78, 5) is 0. The molecule has 0 heterocycles. The van der Waals surface area contributed by atoms with Crippen LogP contribution < -0.4 is 0 Å². The molecule has 17 heavy (non-hydrogen) atoms. The number of aryl methyl sites for hydroxylation is 6. The van der Waals surface area contributed by atoms with Gasteiger partial charge in [-0.1, -0.05) is 41.5 Å². The molecule has 0 unspecified atom stereocenters. The molecule has 1 radical (unpaired) electrons. The minimum Gasteiger partial charge on any atom is -0.208 e. The van der Waals surface area contributed by atoms with Gasteiger partial charge in [0.2, 0.25) is 0 Å². The van der Waals surface area contributed by atoms with Crippen LogP contribution in [0.3, 0.4) is 0 Å². The van der Waals surface area contributed by atoms with Gasteiger partial charge in [-0.25, -0.2) is 23.3 Å². The maximum atomic E-state index is 2.20. The molecule has 0 aliphatic carbocycles. The molecule has 0 N–H and O–H groups in total. The summed E-state index contributed by atoms with van der Waals surface area (Å²) in [6, 6.07) is 8.81. The van der Waals surface area contributed by atoms with Crippen LogP contribution in [0.1, 0.15) is 33.4 Å². The van der Waals surface area contributed by atoms with Crippen molar-refractivity contribution in [1.29, 1.82) is 0 Å². The van der Waals surface area contributed by atoms with Crippen LogP contribution in [0, 0.1) is 41.5 Å². The summed E-state index contributed by atoms with van der Waals surface area (Å²) in [6.45, 7) is 12.8. The fourth-order valence-corrected chi connectivity index (χ4v) is 1.90. The van der Waals surface area contributed by atoms with Gasteiger partial charge >= 0.3 is 18.6 Å². The molecule has 0 aliphatic heterocycles. The van der Waals surface area contributed by atoms with E-state index in [1.807, 2.05) is 0 Å². The van der Waals surface area contributed by atoms with E-state index in [2.05, 4.69) is 65.8 Å². The normalized spacial score (nSPS) is 9.29. The summed E-state index contributed by atoms with van der Waals surface area (Å²) >= 11 is 0. The topological polar surface area (TPSA) is 0 Å². The maximum Gasteiger partial charge on any atom is 2.00 e. The van der Waals surface area contributed by atoms with Gasteiger partial charge in [0.15, 0.2) is 0 Å². The smallest absolute Gasteiger partial charge is 0.208 e. The summed E-state index contributed by atoms with van der Waals surface area (Å²) in [7, 11) is 0. The molecule has 0 saturated carbocycles. The van der Waals surface area contributed by atoms with E-state index >= 15 is 0 Å². The largest absolute Gasteiger partial charge is 2.00 e. The summed E-state index contributed by atoms with van der Waals surface area (Å²) in [5, 5.41) is 0. The molecule has 0 amide bonds. The molecule has 2 aromatic rings. The van der Waals surface area contributed by atoms with Gasteiger partial charge < -0.3 is 0 Å². The maximum absolute atomic E-state index is 2.20. The first-order chi connectivity index (χ1) is 7.40. The fraction of sp³-hybridized carbons (Fsp3) is 0.375. The number of rotatable bonds is 0. The molecule has 0 aliphatic rings. The second kappa shape index (κ2) is 6.88. The van der Waals surface area contributed by atoms with Gasteiger partial charge in [-0.2, -0.15) is 34.4 Å². The Bertz CT molecular complexity index is 375. The standard InChI is InChI=1S/2C8H11.V/c2*1-6-4-7(2)8(3)5-6;/h2*4-5H,1-3H3;/q2*-1;+2. The Hall–Kier alpha value is -0.716. The van der Waals surface area contributed by atoms with Crippen molar-refractivity contribution in [3.63, 3.8) is 0 Å². The second-order valence-corrected chi connectivity index (χ2v) is 4.80. The Morgan fingerprint density at radius 3 is 1.06 bits per heavy atom. The monoisotopic (exact) mass is 265 g/mol. The molecule has 0 fully saturated rings. The molecular formula is C16H22V. The van der Waals surface area contributed by atoms with E-state index in [-0.39, 0.29) is 18.6 Å². The Morgan fingerprint density at radius 2 is 1.00 bits per heavy atom. The Kier molecular flexibility index (Phi) is 6.59. The summed E-state index contributed by atoms with van der Waals surface area (Å²) in [5.74, 6) is 0. The molecule has 0 spiro atoms. The van der Waals surface area contributed by atoms with E-state index in [0.29, 0.717) is 0 Å². The Labute approximate surface area is 118 Å². The zero-order chi connectivity index (χ0) is 12.3. The molecule has 91 valence electrons. The predicted octanol–water partition coefficient (Wildman–Crippen LogP) is 4.66. The number of hydrogen-bond donors (Lipinski definition) is 0. The van der Waals surface area contributed by atoms with Crippen molar-refractivity contribution >= 4 is 0 Å². The first-order valence-electron chi connectivity index (χ1n) is 5.81. The van der Waals surface area contributed by atoms with Gasteiger partial charge in [0.25, 0.3) is 0 Å². The third kappa shape index (κ3) is 4.98. The van der Waals surface area contributed by atoms with Crippen molar-refractivity contribution in [3.8, 4) is 0 Å². The molecular weight excluding hydrogens is 243 g/mol. The van der Waals surface area contributed by atoms with E-state index in [4.69, 9.17) is 0 Å². The van der Waals surface area contributed by atoms with Crippen molar-refractivity contribution < 1.29 is 18.6 Å². The number of hydrogen-bond acceptors (Lipinski definition) is 0. The van der Waals surface area contributed by atoms with E-state index < -0.39 is 0 Å². The molecule has 0 atom stereocenters. The molecule has 0 aromatic heterocycles. The average molecular weight is 265 g/mol. The van der Waals surface area contributed by atoms with Crippen molar-refractivity contribution in [2.45, 2.75) is 41.5 Å². The third-order valence-electron chi connectivity index (χ3n) is 3.02. The van der Waals surface area contributed by atoms with Gasteiger partial charge in [-0.15, -0.1) is 0 Å². The molecule has 0 nitrogen and oxygen atoms in total. The van der Waals surface area contributed by atoms with Crippen molar-refractivity contribution in [2.75, 3.05) is 0 Å². The van der Waals surface area contributed by atoms with Crippen LogP contribution in [-0.4, -0.2) is 0 Å². The van der Waals surface area contributed by atoms with Crippen LogP contribution >= 0.6 is 0 Å². The van der Waals surface area contributed by atoms with E-state index in [1.54, 1.807) is 0 Å². The molecule has 2 rings (SSSR count). The summed E-state index contributed by atoms with van der Waals surface area (Å²) in [6.07, 6.45) is 0. The van der Waals surface area contributed by atoms with Crippen LogP contribution in [0.15, 0.2) is 24.3 Å². The van der Waals surface area contributed by atoms with Crippen LogP contribution in [0.4, 0.5) is 0 Å². The predicted molar refractivity (Wildman–Crippen MR) is 72.5 cm³/mol. The zero-order valence-corrected chi connectivity index (χ0v) is 13.2. The zero-order valence-electron chi connectivity index (χ0n) is 11.8. The van der Waals surface area contributed by atoms with E-state index in [1.165, 1.54) is 33.4 Å². The van der Waals surface area contributed by atoms with E-state index in [0.717, 1.165) is 0 Å². The van der Waals surface area contributed by atoms with Crippen LogP contribution in [0.25, 0.3) is 0 Å². The molecule has 0 bridgehead atoms. The Balaban J connectivity index is 0.000000284. The third-order valence-corrected chi connectivity index (χ3v) is 3.02. The van der Waals surface area contributed by atoms with Crippen LogP contribution in [0.2, 0.25) is 0 Å². The SMILES string of the molecule is Cc1cc(C)[c-](C)c1.Cc1cc(C)[c-](C)c1.[V+2]. The average Bonchev–Trinajstić information content (AvgIpc) is 2.58. The minimum atomic E-state index is 0. The van der Waals surface area contributed by atoms with Gasteiger partial charge in [0, 0.05) is 0 Å². The van der Waals surface area contributed by atoms with Crippen molar-refractivity contribution in [1.82, 2.24) is 0 Å². The first kappa shape index (κ1) is 16.3. The Morgan fingerprint density at radius 1 is 0.706 bits per heavy atom. The fourth-order valence-electron chi connectivity index (χ4n) is 1.90. The van der Waals surface area contributed by atoms with Gasteiger partial charge in [0.1, 0.15) is 0 Å². The van der Waals surface area contributed by atoms with Crippen LogP contribution in [0.5, 0.6) is 0 Å². The minimum absolute atomic E-state index is 0. The summed E-state index contributed by atoms with van der Waals surface area (Å²) < 4.78 is 0. The van der Waals surface area contributed by atoms with Gasteiger partial charge in [-0.05, 0) is 0 Å². The molecule has 1 heteroatoms. The second-order valence-electron chi connectivity index (χ2n) is 4.80. The first-order valence-corrected chi connectivity index (χ1v) is 5.81. The van der Waals surface area contributed by atoms with Gasteiger partial charge in [-0.3, -0.25) is 0 Å².